The Morgan fingerprint density at radius 2 is 1.53 bits per heavy atom. The van der Waals surface area contributed by atoms with Crippen molar-refractivity contribution in [2.45, 2.75) is 85.0 Å². The third-order valence-corrected chi connectivity index (χ3v) is 12.6. The summed E-state index contributed by atoms with van der Waals surface area (Å²) < 4.78 is 12.4. The number of esters is 1. The summed E-state index contributed by atoms with van der Waals surface area (Å²) in [5.74, 6) is -0.306. The summed E-state index contributed by atoms with van der Waals surface area (Å²) in [6.45, 7) is 16.6. The fourth-order valence-corrected chi connectivity index (χ4v) is 10.6. The fourth-order valence-electron chi connectivity index (χ4n) is 5.93. The summed E-state index contributed by atoms with van der Waals surface area (Å²) in [6.07, 6.45) is 4.86. The molecule has 0 radical (unpaired) electrons. The van der Waals surface area contributed by atoms with Crippen LogP contribution in [0.15, 0.2) is 89.7 Å². The molecular weight excluding hydrogens is 488 g/mol. The van der Waals surface area contributed by atoms with Crippen LogP contribution in [0, 0.1) is 5.41 Å². The van der Waals surface area contributed by atoms with Crippen LogP contribution >= 0.6 is 0 Å². The summed E-state index contributed by atoms with van der Waals surface area (Å²) in [7, 11) is -2.74. The molecule has 4 nitrogen and oxygen atoms in total. The number of rotatable bonds is 7. The SMILES string of the molecule is CC(=O)OC/C=C(\C)C=C=C1C(C)(C)C[C@H](O[Si](c2ccccc2)(c2ccccc2)C(C)(C)C)C[C@@]1(C)O. The lowest BCUT2D eigenvalue weighted by atomic mass is 9.65. The van der Waals surface area contributed by atoms with Gasteiger partial charge in [-0.2, -0.15) is 0 Å². The third-order valence-electron chi connectivity index (χ3n) is 7.47. The van der Waals surface area contributed by atoms with E-state index in [0.29, 0.717) is 6.42 Å². The van der Waals surface area contributed by atoms with Crippen molar-refractivity contribution in [1.29, 1.82) is 0 Å². The smallest absolute Gasteiger partial charge is 0.302 e. The van der Waals surface area contributed by atoms with Crippen molar-refractivity contribution in [2.24, 2.45) is 5.41 Å². The zero-order valence-electron chi connectivity index (χ0n) is 24.3. The summed E-state index contributed by atoms with van der Waals surface area (Å²) in [4.78, 5) is 11.1. The number of allylic oxidation sites excluding steroid dienone is 1. The molecule has 2 aromatic carbocycles. The second-order valence-electron chi connectivity index (χ2n) is 12.4. The van der Waals surface area contributed by atoms with E-state index in [4.69, 9.17) is 9.16 Å². The molecule has 1 aliphatic carbocycles. The van der Waals surface area contributed by atoms with Gasteiger partial charge in [0.2, 0.25) is 0 Å². The van der Waals surface area contributed by atoms with Gasteiger partial charge in [0.25, 0.3) is 8.32 Å². The molecule has 5 heteroatoms. The lowest BCUT2D eigenvalue weighted by molar-refractivity contribution is -0.139. The minimum Gasteiger partial charge on any atom is -0.462 e. The van der Waals surface area contributed by atoms with E-state index in [1.54, 1.807) is 0 Å². The maximum absolute atomic E-state index is 11.8. The molecule has 0 bridgehead atoms. The van der Waals surface area contributed by atoms with Crippen LogP contribution in [0.1, 0.15) is 68.2 Å². The maximum Gasteiger partial charge on any atom is 0.302 e. The molecule has 1 fully saturated rings. The minimum atomic E-state index is -2.74. The Balaban J connectivity index is 2.02. The van der Waals surface area contributed by atoms with Crippen LogP contribution in [0.4, 0.5) is 0 Å². The van der Waals surface area contributed by atoms with E-state index in [0.717, 1.165) is 17.6 Å². The molecule has 2 aromatic rings. The first-order chi connectivity index (χ1) is 17.7. The lowest BCUT2D eigenvalue weighted by Crippen LogP contribution is -2.68. The lowest BCUT2D eigenvalue weighted by Gasteiger charge is -2.51. The Bertz CT molecular complexity index is 1140. The Morgan fingerprint density at radius 3 is 1.97 bits per heavy atom. The Labute approximate surface area is 230 Å². The Hall–Kier alpha value is -2.69. The van der Waals surface area contributed by atoms with Crippen molar-refractivity contribution in [3.8, 4) is 0 Å². The zero-order valence-corrected chi connectivity index (χ0v) is 25.3. The molecule has 0 spiro atoms. The molecule has 0 unspecified atom stereocenters. The number of aliphatic hydroxyl groups is 1. The van der Waals surface area contributed by atoms with Gasteiger partial charge in [-0.3, -0.25) is 4.79 Å². The van der Waals surface area contributed by atoms with E-state index in [-0.39, 0.29) is 29.1 Å². The van der Waals surface area contributed by atoms with Gasteiger partial charge in [-0.25, -0.2) is 0 Å². The summed E-state index contributed by atoms with van der Waals surface area (Å²) in [5, 5.41) is 14.1. The molecule has 1 saturated carbocycles. The molecule has 0 amide bonds. The summed E-state index contributed by atoms with van der Waals surface area (Å²) >= 11 is 0. The van der Waals surface area contributed by atoms with Gasteiger partial charge in [-0.15, -0.1) is 5.73 Å². The molecule has 0 saturated heterocycles. The molecule has 0 heterocycles. The normalized spacial score (nSPS) is 22.0. The number of carbonyl (C=O) groups excluding carboxylic acids is 1. The predicted molar refractivity (Wildman–Crippen MR) is 158 cm³/mol. The van der Waals surface area contributed by atoms with Crippen molar-refractivity contribution in [1.82, 2.24) is 0 Å². The van der Waals surface area contributed by atoms with E-state index in [1.807, 2.05) is 26.0 Å². The predicted octanol–water partition coefficient (Wildman–Crippen LogP) is 6.09. The first-order valence-corrected chi connectivity index (χ1v) is 15.4. The van der Waals surface area contributed by atoms with Gasteiger partial charge >= 0.3 is 5.97 Å². The summed E-state index contributed by atoms with van der Waals surface area (Å²) in [5.41, 5.74) is 3.79. The standard InChI is InChI=1S/C33H44O4Si/c1-25(21-22-36-26(2)34)19-20-30-32(6,7)23-27(24-33(30,8)35)37-38(31(3,4)5,28-15-11-9-12-16-28)29-17-13-10-14-18-29/h9-19,21,27,35H,22-24H2,1-8H3/b25-21+/t20?,27-,33+/m0/s1. The number of hydrogen-bond donors (Lipinski definition) is 1. The van der Waals surface area contributed by atoms with Crippen molar-refractivity contribution >= 4 is 24.7 Å². The van der Waals surface area contributed by atoms with Gasteiger partial charge < -0.3 is 14.3 Å². The van der Waals surface area contributed by atoms with E-state index < -0.39 is 13.9 Å². The largest absolute Gasteiger partial charge is 0.462 e. The highest BCUT2D eigenvalue weighted by Crippen LogP contribution is 2.48. The van der Waals surface area contributed by atoms with Gasteiger partial charge in [-0.1, -0.05) is 95.3 Å². The fraction of sp³-hybridized carbons (Fsp3) is 0.455. The van der Waals surface area contributed by atoms with Crippen LogP contribution in [0.3, 0.4) is 0 Å². The van der Waals surface area contributed by atoms with Crippen LogP contribution in [0.5, 0.6) is 0 Å². The van der Waals surface area contributed by atoms with Crippen LogP contribution in [-0.4, -0.2) is 37.7 Å². The van der Waals surface area contributed by atoms with Crippen molar-refractivity contribution < 1.29 is 19.1 Å². The summed E-state index contributed by atoms with van der Waals surface area (Å²) in [6, 6.07) is 21.3. The Kier molecular flexibility index (Phi) is 9.11. The van der Waals surface area contributed by atoms with Crippen LogP contribution < -0.4 is 10.4 Å². The zero-order chi connectivity index (χ0) is 28.2. The molecular formula is C33H44O4Si. The average Bonchev–Trinajstić information content (AvgIpc) is 2.81. The van der Waals surface area contributed by atoms with Crippen LogP contribution in [0.25, 0.3) is 0 Å². The molecule has 38 heavy (non-hydrogen) atoms. The molecule has 204 valence electrons. The molecule has 0 aromatic heterocycles. The number of ether oxygens (including phenoxy) is 1. The Morgan fingerprint density at radius 1 is 1.00 bits per heavy atom. The van der Waals surface area contributed by atoms with Crippen molar-refractivity contribution in [3.63, 3.8) is 0 Å². The van der Waals surface area contributed by atoms with Crippen molar-refractivity contribution in [3.05, 3.63) is 89.7 Å². The number of hydrogen-bond acceptors (Lipinski definition) is 4. The molecule has 2 atom stereocenters. The third kappa shape index (κ3) is 6.65. The van der Waals surface area contributed by atoms with Gasteiger partial charge in [-0.05, 0) is 58.8 Å². The van der Waals surface area contributed by atoms with E-state index in [1.165, 1.54) is 17.3 Å². The highest BCUT2D eigenvalue weighted by atomic mass is 28.4. The molecule has 0 aliphatic heterocycles. The first-order valence-electron chi connectivity index (χ1n) is 13.5. The second-order valence-corrected chi connectivity index (χ2v) is 16.6. The van der Waals surface area contributed by atoms with Crippen LogP contribution in [0.2, 0.25) is 5.04 Å². The average molecular weight is 533 g/mol. The minimum absolute atomic E-state index is 0.127. The molecule has 1 N–H and O–H groups in total. The number of benzene rings is 2. The first kappa shape index (κ1) is 29.9. The topological polar surface area (TPSA) is 55.8 Å². The van der Waals surface area contributed by atoms with Gasteiger partial charge in [0.05, 0.1) is 5.60 Å². The highest BCUT2D eigenvalue weighted by Gasteiger charge is 2.54. The van der Waals surface area contributed by atoms with Gasteiger partial charge in [0.1, 0.15) is 6.61 Å². The maximum atomic E-state index is 11.8. The van der Waals surface area contributed by atoms with E-state index >= 15 is 0 Å². The van der Waals surface area contributed by atoms with Gasteiger partial charge in [0.15, 0.2) is 0 Å². The molecule has 1 aliphatic rings. The quantitative estimate of drug-likeness (QED) is 0.203. The molecule has 3 rings (SSSR count). The van der Waals surface area contributed by atoms with Gasteiger partial charge in [0, 0.05) is 25.0 Å². The highest BCUT2D eigenvalue weighted by molar-refractivity contribution is 6.99. The number of carbonyl (C=O) groups is 1. The van der Waals surface area contributed by atoms with E-state index in [2.05, 4.69) is 101 Å². The monoisotopic (exact) mass is 532 g/mol. The second kappa shape index (κ2) is 11.6. The van der Waals surface area contributed by atoms with Crippen molar-refractivity contribution in [2.75, 3.05) is 6.61 Å². The van der Waals surface area contributed by atoms with Crippen LogP contribution in [-0.2, 0) is 14.0 Å². The van der Waals surface area contributed by atoms with E-state index in [9.17, 15) is 9.90 Å².